The van der Waals surface area contributed by atoms with Crippen LogP contribution in [0, 0.1) is 0 Å². The highest BCUT2D eigenvalue weighted by atomic mass is 16.5. The normalized spacial score (nSPS) is 10.4. The van der Waals surface area contributed by atoms with Crippen molar-refractivity contribution in [2.75, 3.05) is 11.1 Å². The minimum atomic E-state index is -0.487. The van der Waals surface area contributed by atoms with Gasteiger partial charge in [-0.2, -0.15) is 0 Å². The molecule has 0 aliphatic heterocycles. The Labute approximate surface area is 123 Å². The number of rotatable bonds is 5. The summed E-state index contributed by atoms with van der Waals surface area (Å²) in [5.41, 5.74) is 13.6. The van der Waals surface area contributed by atoms with E-state index in [1.54, 1.807) is 18.2 Å². The maximum atomic E-state index is 11.2. The van der Waals surface area contributed by atoms with E-state index in [1.165, 1.54) is 0 Å². The molecule has 1 amide bonds. The summed E-state index contributed by atoms with van der Waals surface area (Å²) in [6, 6.07) is 12.4. The van der Waals surface area contributed by atoms with Gasteiger partial charge in [-0.1, -0.05) is 0 Å². The summed E-state index contributed by atoms with van der Waals surface area (Å²) >= 11 is 0. The summed E-state index contributed by atoms with van der Waals surface area (Å²) in [6.45, 7) is 3.95. The molecule has 0 saturated heterocycles. The van der Waals surface area contributed by atoms with Crippen molar-refractivity contribution in [1.82, 2.24) is 0 Å². The van der Waals surface area contributed by atoms with Crippen LogP contribution in [0.4, 0.5) is 17.1 Å². The second-order valence-electron chi connectivity index (χ2n) is 4.98. The molecule has 0 fully saturated rings. The Morgan fingerprint density at radius 3 is 2.38 bits per heavy atom. The van der Waals surface area contributed by atoms with Crippen LogP contribution >= 0.6 is 0 Å². The number of carbonyl (C=O) groups excluding carboxylic acids is 1. The van der Waals surface area contributed by atoms with Crippen molar-refractivity contribution in [3.63, 3.8) is 0 Å². The highest BCUT2D eigenvalue weighted by Gasteiger charge is 2.06. The minimum Gasteiger partial charge on any atom is -0.491 e. The lowest BCUT2D eigenvalue weighted by Crippen LogP contribution is -2.11. The van der Waals surface area contributed by atoms with E-state index in [9.17, 15) is 4.79 Å². The van der Waals surface area contributed by atoms with Gasteiger partial charge in [0.05, 0.1) is 17.5 Å². The summed E-state index contributed by atoms with van der Waals surface area (Å²) in [7, 11) is 0. The average molecular weight is 285 g/mol. The molecule has 0 unspecified atom stereocenters. The molecule has 5 heteroatoms. The number of amides is 1. The van der Waals surface area contributed by atoms with E-state index in [0.29, 0.717) is 16.9 Å². The van der Waals surface area contributed by atoms with Gasteiger partial charge >= 0.3 is 0 Å². The van der Waals surface area contributed by atoms with Crippen molar-refractivity contribution in [1.29, 1.82) is 0 Å². The molecule has 0 aromatic heterocycles. The molecule has 2 aromatic carbocycles. The van der Waals surface area contributed by atoms with E-state index in [4.69, 9.17) is 16.2 Å². The van der Waals surface area contributed by atoms with Gasteiger partial charge in [0.15, 0.2) is 0 Å². The van der Waals surface area contributed by atoms with Crippen LogP contribution in [0.25, 0.3) is 0 Å². The standard InChI is InChI=1S/C16H19N3O2/c1-10(2)21-13-6-4-12(5-7-13)19-15-9-11(16(18)20)3-8-14(15)17/h3-10,19H,17H2,1-2H3,(H2,18,20). The fourth-order valence-electron chi connectivity index (χ4n) is 1.86. The molecule has 110 valence electrons. The molecule has 21 heavy (non-hydrogen) atoms. The molecule has 0 aliphatic carbocycles. The van der Waals surface area contributed by atoms with E-state index in [1.807, 2.05) is 38.1 Å². The summed E-state index contributed by atoms with van der Waals surface area (Å²) in [6.07, 6.45) is 0.131. The number of nitrogens with two attached hydrogens (primary N) is 2. The van der Waals surface area contributed by atoms with Gasteiger partial charge < -0.3 is 21.5 Å². The van der Waals surface area contributed by atoms with Gasteiger partial charge in [0.25, 0.3) is 0 Å². The SMILES string of the molecule is CC(C)Oc1ccc(Nc2cc(C(N)=O)ccc2N)cc1. The Kier molecular flexibility index (Phi) is 4.33. The largest absolute Gasteiger partial charge is 0.491 e. The number of benzene rings is 2. The Bertz CT molecular complexity index is 636. The van der Waals surface area contributed by atoms with Crippen LogP contribution < -0.4 is 21.5 Å². The molecule has 0 aliphatic rings. The summed E-state index contributed by atoms with van der Waals surface area (Å²) in [4.78, 5) is 11.2. The number of nitrogen functional groups attached to an aromatic ring is 1. The van der Waals surface area contributed by atoms with E-state index in [0.717, 1.165) is 11.4 Å². The van der Waals surface area contributed by atoms with Gasteiger partial charge in [-0.15, -0.1) is 0 Å². The highest BCUT2D eigenvalue weighted by molar-refractivity contribution is 5.95. The van der Waals surface area contributed by atoms with E-state index in [2.05, 4.69) is 5.32 Å². The third kappa shape index (κ3) is 3.89. The topological polar surface area (TPSA) is 90.4 Å². The predicted molar refractivity (Wildman–Crippen MR) is 84.9 cm³/mol. The van der Waals surface area contributed by atoms with Gasteiger partial charge in [-0.25, -0.2) is 0 Å². The molecular weight excluding hydrogens is 266 g/mol. The second kappa shape index (κ2) is 6.17. The Morgan fingerprint density at radius 1 is 1.14 bits per heavy atom. The second-order valence-corrected chi connectivity index (χ2v) is 4.98. The van der Waals surface area contributed by atoms with Crippen LogP contribution in [0.3, 0.4) is 0 Å². The van der Waals surface area contributed by atoms with Crippen molar-refractivity contribution < 1.29 is 9.53 Å². The van der Waals surface area contributed by atoms with Gasteiger partial charge in [-0.3, -0.25) is 4.79 Å². The first-order valence-corrected chi connectivity index (χ1v) is 6.69. The summed E-state index contributed by atoms with van der Waals surface area (Å²) in [5.74, 6) is 0.313. The van der Waals surface area contributed by atoms with Crippen molar-refractivity contribution in [3.8, 4) is 5.75 Å². The molecule has 2 rings (SSSR count). The lowest BCUT2D eigenvalue weighted by atomic mass is 10.1. The molecule has 2 aromatic rings. The molecule has 5 nitrogen and oxygen atoms in total. The molecule has 0 bridgehead atoms. The van der Waals surface area contributed by atoms with Crippen LogP contribution in [0.5, 0.6) is 5.75 Å². The minimum absolute atomic E-state index is 0.131. The monoisotopic (exact) mass is 285 g/mol. The first kappa shape index (κ1) is 14.7. The van der Waals surface area contributed by atoms with Gasteiger partial charge in [0.1, 0.15) is 5.75 Å². The zero-order chi connectivity index (χ0) is 15.4. The number of hydrogen-bond acceptors (Lipinski definition) is 4. The van der Waals surface area contributed by atoms with Crippen molar-refractivity contribution in [2.45, 2.75) is 20.0 Å². The van der Waals surface area contributed by atoms with Crippen LogP contribution in [-0.4, -0.2) is 12.0 Å². The lowest BCUT2D eigenvalue weighted by molar-refractivity contribution is 0.100. The van der Waals surface area contributed by atoms with Crippen LogP contribution in [0.1, 0.15) is 24.2 Å². The molecule has 0 saturated carbocycles. The third-order valence-corrected chi connectivity index (χ3v) is 2.84. The number of hydrogen-bond donors (Lipinski definition) is 3. The lowest BCUT2D eigenvalue weighted by Gasteiger charge is -2.12. The van der Waals surface area contributed by atoms with Gasteiger partial charge in [0.2, 0.25) is 5.91 Å². The summed E-state index contributed by atoms with van der Waals surface area (Å²) < 4.78 is 5.58. The zero-order valence-corrected chi connectivity index (χ0v) is 12.1. The first-order valence-electron chi connectivity index (χ1n) is 6.69. The van der Waals surface area contributed by atoms with E-state index < -0.39 is 5.91 Å². The fourth-order valence-corrected chi connectivity index (χ4v) is 1.86. The number of primary amides is 1. The molecule has 0 spiro atoms. The van der Waals surface area contributed by atoms with E-state index in [-0.39, 0.29) is 6.10 Å². The van der Waals surface area contributed by atoms with Crippen molar-refractivity contribution >= 4 is 23.0 Å². The predicted octanol–water partition coefficient (Wildman–Crippen LogP) is 2.90. The molecule has 0 radical (unpaired) electrons. The van der Waals surface area contributed by atoms with E-state index >= 15 is 0 Å². The number of carbonyl (C=O) groups is 1. The number of ether oxygens (including phenoxy) is 1. The molecular formula is C16H19N3O2. The van der Waals surface area contributed by atoms with Crippen LogP contribution in [-0.2, 0) is 0 Å². The highest BCUT2D eigenvalue weighted by Crippen LogP contribution is 2.25. The zero-order valence-electron chi connectivity index (χ0n) is 12.1. The van der Waals surface area contributed by atoms with Gasteiger partial charge in [-0.05, 0) is 56.3 Å². The quantitative estimate of drug-likeness (QED) is 0.737. The first-order chi connectivity index (χ1) is 9.95. The maximum Gasteiger partial charge on any atom is 0.248 e. The Morgan fingerprint density at radius 2 is 1.81 bits per heavy atom. The molecule has 0 heterocycles. The molecule has 5 N–H and O–H groups in total. The summed E-state index contributed by atoms with van der Waals surface area (Å²) in [5, 5.41) is 3.16. The molecule has 0 atom stereocenters. The van der Waals surface area contributed by atoms with Crippen molar-refractivity contribution in [2.24, 2.45) is 5.73 Å². The maximum absolute atomic E-state index is 11.2. The number of anilines is 3. The average Bonchev–Trinajstić information content (AvgIpc) is 2.42. The van der Waals surface area contributed by atoms with Crippen LogP contribution in [0.2, 0.25) is 0 Å². The Hall–Kier alpha value is -2.69. The Balaban J connectivity index is 2.18. The third-order valence-electron chi connectivity index (χ3n) is 2.84. The number of nitrogens with one attached hydrogen (secondary N) is 1. The fraction of sp³-hybridized carbons (Fsp3) is 0.188. The smallest absolute Gasteiger partial charge is 0.248 e. The van der Waals surface area contributed by atoms with Crippen LogP contribution in [0.15, 0.2) is 42.5 Å². The van der Waals surface area contributed by atoms with Gasteiger partial charge in [0, 0.05) is 11.3 Å². The van der Waals surface area contributed by atoms with Crippen molar-refractivity contribution in [3.05, 3.63) is 48.0 Å².